The van der Waals surface area contributed by atoms with E-state index in [4.69, 9.17) is 0 Å². The Morgan fingerprint density at radius 1 is 1.55 bits per heavy atom. The molecule has 0 unspecified atom stereocenters. The minimum atomic E-state index is -0.508. The topological polar surface area (TPSA) is 84.3 Å². The van der Waals surface area contributed by atoms with Crippen molar-refractivity contribution in [3.8, 4) is 0 Å². The van der Waals surface area contributed by atoms with Crippen molar-refractivity contribution >= 4 is 27.5 Å². The van der Waals surface area contributed by atoms with E-state index in [0.717, 1.165) is 19.4 Å². The Bertz CT molecular complexity index is 516. The van der Waals surface area contributed by atoms with Crippen LogP contribution in [0.15, 0.2) is 22.7 Å². The summed E-state index contributed by atoms with van der Waals surface area (Å²) < 4.78 is 0.555. The van der Waals surface area contributed by atoms with Crippen LogP contribution in [0.3, 0.4) is 0 Å². The van der Waals surface area contributed by atoms with Crippen LogP contribution >= 0.6 is 15.9 Å². The van der Waals surface area contributed by atoms with Crippen LogP contribution in [0.4, 0.5) is 5.69 Å². The van der Waals surface area contributed by atoms with E-state index in [1.807, 2.05) is 0 Å². The number of carbonyl (C=O) groups excluding carboxylic acids is 1. The first-order valence-electron chi connectivity index (χ1n) is 6.53. The summed E-state index contributed by atoms with van der Waals surface area (Å²) in [5.41, 5.74) is 0.203. The number of rotatable bonds is 5. The van der Waals surface area contributed by atoms with E-state index >= 15 is 0 Å². The first-order valence-corrected chi connectivity index (χ1v) is 7.33. The SMILES string of the molecule is O=C(NCC[C@H]1CCCN1)c1cc([N+](=O)[O-])ccc1Br. The van der Waals surface area contributed by atoms with Gasteiger partial charge >= 0.3 is 0 Å². The second kappa shape index (κ2) is 6.81. The molecular formula is C13H16BrN3O3. The van der Waals surface area contributed by atoms with E-state index in [0.29, 0.717) is 22.6 Å². The van der Waals surface area contributed by atoms with Crippen LogP contribution in [0.5, 0.6) is 0 Å². The molecule has 1 aromatic carbocycles. The third-order valence-corrected chi connectivity index (χ3v) is 4.04. The van der Waals surface area contributed by atoms with Gasteiger partial charge in [0.1, 0.15) is 0 Å². The zero-order valence-corrected chi connectivity index (χ0v) is 12.5. The maximum Gasteiger partial charge on any atom is 0.270 e. The predicted molar refractivity (Wildman–Crippen MR) is 78.8 cm³/mol. The van der Waals surface area contributed by atoms with Crippen molar-refractivity contribution in [2.75, 3.05) is 13.1 Å². The van der Waals surface area contributed by atoms with Crippen LogP contribution < -0.4 is 10.6 Å². The Morgan fingerprint density at radius 3 is 3.00 bits per heavy atom. The molecule has 6 nitrogen and oxygen atoms in total. The molecule has 108 valence electrons. The number of hydrogen-bond acceptors (Lipinski definition) is 4. The van der Waals surface area contributed by atoms with E-state index < -0.39 is 4.92 Å². The van der Waals surface area contributed by atoms with Gasteiger partial charge in [0.25, 0.3) is 11.6 Å². The normalized spacial score (nSPS) is 17.9. The molecule has 1 aliphatic rings. The van der Waals surface area contributed by atoms with Crippen LogP contribution in [0.2, 0.25) is 0 Å². The number of halogens is 1. The molecule has 0 bridgehead atoms. The number of nitrogens with zero attached hydrogens (tertiary/aromatic N) is 1. The van der Waals surface area contributed by atoms with Crippen molar-refractivity contribution in [2.45, 2.75) is 25.3 Å². The third kappa shape index (κ3) is 3.77. The van der Waals surface area contributed by atoms with E-state index in [2.05, 4.69) is 26.6 Å². The van der Waals surface area contributed by atoms with Gasteiger partial charge in [0.05, 0.1) is 10.5 Å². The highest BCUT2D eigenvalue weighted by Gasteiger charge is 2.17. The highest BCUT2D eigenvalue weighted by Crippen LogP contribution is 2.22. The molecule has 0 saturated carbocycles. The highest BCUT2D eigenvalue weighted by atomic mass is 79.9. The van der Waals surface area contributed by atoms with Gasteiger partial charge in [0, 0.05) is 29.2 Å². The third-order valence-electron chi connectivity index (χ3n) is 3.35. The lowest BCUT2D eigenvalue weighted by molar-refractivity contribution is -0.384. The summed E-state index contributed by atoms with van der Waals surface area (Å²) in [5, 5.41) is 16.9. The van der Waals surface area contributed by atoms with Gasteiger partial charge in [0.15, 0.2) is 0 Å². The lowest BCUT2D eigenvalue weighted by atomic mass is 10.1. The highest BCUT2D eigenvalue weighted by molar-refractivity contribution is 9.10. The number of benzene rings is 1. The van der Waals surface area contributed by atoms with Crippen molar-refractivity contribution in [2.24, 2.45) is 0 Å². The molecule has 1 saturated heterocycles. The summed E-state index contributed by atoms with van der Waals surface area (Å²) >= 11 is 3.24. The van der Waals surface area contributed by atoms with Crippen LogP contribution in [0.25, 0.3) is 0 Å². The van der Waals surface area contributed by atoms with Gasteiger partial charge in [0.2, 0.25) is 0 Å². The number of nitrogens with one attached hydrogen (secondary N) is 2. The molecule has 1 heterocycles. The summed E-state index contributed by atoms with van der Waals surface area (Å²) in [4.78, 5) is 22.2. The van der Waals surface area contributed by atoms with E-state index in [1.165, 1.54) is 24.6 Å². The van der Waals surface area contributed by atoms with Crippen LogP contribution in [0.1, 0.15) is 29.6 Å². The van der Waals surface area contributed by atoms with Crippen LogP contribution in [-0.4, -0.2) is 30.0 Å². The molecule has 1 aromatic rings. The summed E-state index contributed by atoms with van der Waals surface area (Å²) in [5.74, 6) is -0.293. The zero-order valence-electron chi connectivity index (χ0n) is 10.9. The van der Waals surface area contributed by atoms with Gasteiger partial charge < -0.3 is 10.6 Å². The molecular weight excluding hydrogens is 326 g/mol. The van der Waals surface area contributed by atoms with Gasteiger partial charge in [-0.25, -0.2) is 0 Å². The lowest BCUT2D eigenvalue weighted by Gasteiger charge is -2.11. The first kappa shape index (κ1) is 14.9. The Labute approximate surface area is 125 Å². The van der Waals surface area contributed by atoms with Gasteiger partial charge in [-0.2, -0.15) is 0 Å². The molecule has 0 aromatic heterocycles. The quantitative estimate of drug-likeness (QED) is 0.635. The molecule has 0 radical (unpaired) electrons. The Kier molecular flexibility index (Phi) is 5.08. The molecule has 1 fully saturated rings. The Morgan fingerprint density at radius 2 is 2.35 bits per heavy atom. The molecule has 0 aliphatic carbocycles. The maximum atomic E-state index is 12.0. The molecule has 20 heavy (non-hydrogen) atoms. The van der Waals surface area contributed by atoms with Crippen molar-refractivity contribution in [3.05, 3.63) is 38.3 Å². The van der Waals surface area contributed by atoms with Gasteiger partial charge in [-0.05, 0) is 47.8 Å². The summed E-state index contributed by atoms with van der Waals surface area (Å²) in [6.07, 6.45) is 3.18. The smallest absolute Gasteiger partial charge is 0.270 e. The molecule has 2 N–H and O–H groups in total. The van der Waals surface area contributed by atoms with Crippen molar-refractivity contribution in [1.29, 1.82) is 0 Å². The second-order valence-corrected chi connectivity index (χ2v) is 5.61. The maximum absolute atomic E-state index is 12.0. The fourth-order valence-corrected chi connectivity index (χ4v) is 2.69. The van der Waals surface area contributed by atoms with Crippen molar-refractivity contribution in [1.82, 2.24) is 10.6 Å². The minimum absolute atomic E-state index is 0.0872. The molecule has 2 rings (SSSR count). The predicted octanol–water partition coefficient (Wildman–Crippen LogP) is 2.23. The van der Waals surface area contributed by atoms with Crippen LogP contribution in [0, 0.1) is 10.1 Å². The average Bonchev–Trinajstić information content (AvgIpc) is 2.92. The Balaban J connectivity index is 1.94. The summed E-state index contributed by atoms with van der Waals surface area (Å²) in [7, 11) is 0. The van der Waals surface area contributed by atoms with Gasteiger partial charge in [-0.1, -0.05) is 0 Å². The minimum Gasteiger partial charge on any atom is -0.352 e. The summed E-state index contributed by atoms with van der Waals surface area (Å²) in [6, 6.07) is 4.63. The lowest BCUT2D eigenvalue weighted by Crippen LogP contribution is -2.30. The van der Waals surface area contributed by atoms with E-state index in [1.54, 1.807) is 0 Å². The van der Waals surface area contributed by atoms with E-state index in [9.17, 15) is 14.9 Å². The molecule has 7 heteroatoms. The number of hydrogen-bond donors (Lipinski definition) is 2. The number of carbonyl (C=O) groups is 1. The van der Waals surface area contributed by atoms with Crippen LogP contribution in [-0.2, 0) is 0 Å². The fraction of sp³-hybridized carbons (Fsp3) is 0.462. The van der Waals surface area contributed by atoms with Gasteiger partial charge in [-0.15, -0.1) is 0 Å². The Hall–Kier alpha value is -1.47. The zero-order chi connectivity index (χ0) is 14.5. The molecule has 0 spiro atoms. The second-order valence-electron chi connectivity index (χ2n) is 4.76. The number of nitro benzene ring substituents is 1. The van der Waals surface area contributed by atoms with Crippen molar-refractivity contribution < 1.29 is 9.72 Å². The monoisotopic (exact) mass is 341 g/mol. The number of nitro groups is 1. The van der Waals surface area contributed by atoms with Gasteiger partial charge in [-0.3, -0.25) is 14.9 Å². The van der Waals surface area contributed by atoms with Crippen molar-refractivity contribution in [3.63, 3.8) is 0 Å². The number of non-ortho nitro benzene ring substituents is 1. The molecule has 1 amide bonds. The summed E-state index contributed by atoms with van der Waals surface area (Å²) in [6.45, 7) is 1.60. The molecule has 1 atom stereocenters. The van der Waals surface area contributed by atoms with E-state index in [-0.39, 0.29) is 11.6 Å². The standard InChI is InChI=1S/C13H16BrN3O3/c14-12-4-3-10(17(19)20)8-11(12)13(18)16-7-5-9-2-1-6-15-9/h3-4,8-9,15H,1-2,5-7H2,(H,16,18)/t9-/m1/s1. The first-order chi connectivity index (χ1) is 9.58. The largest absolute Gasteiger partial charge is 0.352 e. The average molecular weight is 342 g/mol. The molecule has 1 aliphatic heterocycles. The fourth-order valence-electron chi connectivity index (χ4n) is 2.26. The number of amides is 1.